The van der Waals surface area contributed by atoms with Crippen LogP contribution >= 0.6 is 0 Å². The van der Waals surface area contributed by atoms with Gasteiger partial charge in [0.1, 0.15) is 6.08 Å². The van der Waals surface area contributed by atoms with Crippen molar-refractivity contribution in [2.45, 2.75) is 13.0 Å². The highest BCUT2D eigenvalue weighted by atomic mass is 16.5. The van der Waals surface area contributed by atoms with Gasteiger partial charge in [0, 0.05) is 17.5 Å². The van der Waals surface area contributed by atoms with Crippen LogP contribution < -0.4 is 0 Å². The Balaban J connectivity index is 2.47. The molecule has 0 bridgehead atoms. The fraction of sp³-hybridized carbons (Fsp3) is 0.333. The Labute approximate surface area is 134 Å². The van der Waals surface area contributed by atoms with Crippen LogP contribution in [0.25, 0.3) is 0 Å². The summed E-state index contributed by atoms with van der Waals surface area (Å²) in [5.74, 6) is 0. The van der Waals surface area contributed by atoms with Crippen LogP contribution in [0.4, 0.5) is 0 Å². The molecular weight excluding hydrogens is 246 g/mol. The number of nitrogens with zero attached hydrogens (tertiary/aromatic N) is 1. The van der Waals surface area contributed by atoms with Gasteiger partial charge in [0.2, 0.25) is 0 Å². The summed E-state index contributed by atoms with van der Waals surface area (Å²) in [6, 6.07) is 15.4. The number of likely N-dealkylation sites (N-methyl/N-ethyl adjacent to an activating group) is 1. The molecule has 0 amide bonds. The van der Waals surface area contributed by atoms with Crippen molar-refractivity contribution in [3.05, 3.63) is 71.3 Å². The van der Waals surface area contributed by atoms with Crippen molar-refractivity contribution in [2.24, 2.45) is 0 Å². The molecule has 0 spiro atoms. The van der Waals surface area contributed by atoms with Crippen molar-refractivity contribution < 1.29 is 17.1 Å². The second-order valence-electron chi connectivity index (χ2n) is 4.29. The molecule has 0 N–H and O–H groups in total. The molecule has 1 unspecified atom stereocenters. The summed E-state index contributed by atoms with van der Waals surface area (Å²) >= 11 is 0. The Morgan fingerprint density at radius 1 is 1.15 bits per heavy atom. The van der Waals surface area contributed by atoms with E-state index in [0.717, 1.165) is 5.56 Å². The minimum Gasteiger partial charge on any atom is -0.367 e. The number of hydrogen-bond acceptors (Lipinski definition) is 2. The van der Waals surface area contributed by atoms with Gasteiger partial charge in [0.25, 0.3) is 0 Å². The zero-order valence-corrected chi connectivity index (χ0v) is 11.3. The number of hydrogen-bond donors (Lipinski definition) is 0. The number of aryl methyl sites for hydroxylation is 1. The molecule has 106 valence electrons. The van der Waals surface area contributed by atoms with Gasteiger partial charge in [-0.25, -0.2) is 0 Å². The topological polar surface area (TPSA) is 12.5 Å². The van der Waals surface area contributed by atoms with Crippen molar-refractivity contribution in [1.29, 1.82) is 0 Å². The molecule has 0 saturated heterocycles. The van der Waals surface area contributed by atoms with E-state index in [1.54, 1.807) is 61.5 Å². The lowest BCUT2D eigenvalue weighted by Gasteiger charge is -2.22. The highest BCUT2D eigenvalue weighted by Gasteiger charge is 2.16. The fourth-order valence-electron chi connectivity index (χ4n) is 1.90. The van der Waals surface area contributed by atoms with Gasteiger partial charge in [-0.15, -0.1) is 0 Å². The molecule has 0 heterocycles. The van der Waals surface area contributed by atoms with Crippen LogP contribution in [0.5, 0.6) is 0 Å². The lowest BCUT2D eigenvalue weighted by molar-refractivity contribution is 0.0683. The normalized spacial score (nSPS) is 22.8. The van der Waals surface area contributed by atoms with Gasteiger partial charge in [-0.05, 0) is 37.6 Å². The third-order valence-electron chi connectivity index (χ3n) is 2.86. The van der Waals surface area contributed by atoms with E-state index in [1.807, 2.05) is 0 Å². The van der Waals surface area contributed by atoms with E-state index in [2.05, 4.69) is 0 Å². The smallest absolute Gasteiger partial charge is 0.108 e. The van der Waals surface area contributed by atoms with E-state index in [0.29, 0.717) is 11.1 Å². The summed E-state index contributed by atoms with van der Waals surface area (Å²) in [7, 11) is 0. The first-order valence-corrected chi connectivity index (χ1v) is 6.26. The SMILES string of the molecule is [2H]C(OCC([2H])([2H])N(C([2H])([2H])[2H])C([2H])([2H])[2H])(c1ccccc1)c1ccccc1C. The van der Waals surface area contributed by atoms with Crippen LogP contribution in [0.3, 0.4) is 0 Å². The van der Waals surface area contributed by atoms with E-state index >= 15 is 0 Å². The molecule has 0 aliphatic rings. The minimum absolute atomic E-state index is 0.170. The predicted molar refractivity (Wildman–Crippen MR) is 84.0 cm³/mol. The molecule has 20 heavy (non-hydrogen) atoms. The monoisotopic (exact) mass is 278 g/mol. The zero-order valence-electron chi connectivity index (χ0n) is 20.3. The molecular formula is C18H23NO. The Hall–Kier alpha value is -1.64. The van der Waals surface area contributed by atoms with Gasteiger partial charge in [0.05, 0.1) is 7.98 Å². The van der Waals surface area contributed by atoms with Crippen LogP contribution in [-0.4, -0.2) is 32.0 Å². The van der Waals surface area contributed by atoms with Crippen LogP contribution in [0.2, 0.25) is 0 Å². The largest absolute Gasteiger partial charge is 0.367 e. The molecule has 2 aromatic rings. The molecule has 2 heteroatoms. The molecule has 1 atom stereocenters. The first-order valence-electron chi connectivity index (χ1n) is 10.8. The van der Waals surface area contributed by atoms with Crippen molar-refractivity contribution >= 4 is 0 Å². The first kappa shape index (κ1) is 6.88. The van der Waals surface area contributed by atoms with Crippen LogP contribution in [0, 0.1) is 6.92 Å². The van der Waals surface area contributed by atoms with Crippen LogP contribution in [0.1, 0.15) is 35.1 Å². The molecule has 2 nitrogen and oxygen atoms in total. The van der Waals surface area contributed by atoms with Gasteiger partial charge in [0.15, 0.2) is 0 Å². The zero-order chi connectivity index (χ0) is 22.1. The first-order chi connectivity index (χ1) is 13.2. The van der Waals surface area contributed by atoms with Crippen LogP contribution in [0.15, 0.2) is 54.6 Å². The maximum Gasteiger partial charge on any atom is 0.108 e. The molecule has 0 fully saturated rings. The Morgan fingerprint density at radius 2 is 1.85 bits per heavy atom. The van der Waals surface area contributed by atoms with E-state index in [4.69, 9.17) is 17.1 Å². The quantitative estimate of drug-likeness (QED) is 0.799. The molecule has 0 radical (unpaired) electrons. The molecule has 0 aliphatic heterocycles. The standard InChI is InChI=1S/C18H23NO/c1-15-9-7-8-12-17(15)18(20-14-13-19(2)3)16-10-5-4-6-11-16/h4-12,18H,13-14H2,1-3H3/i2D3,3D3,13D2,18D. The van der Waals surface area contributed by atoms with E-state index in [9.17, 15) is 0 Å². The molecule has 0 aliphatic carbocycles. The Bertz CT molecular complexity index is 806. The number of rotatable bonds is 6. The van der Waals surface area contributed by atoms with Crippen molar-refractivity contribution in [3.63, 3.8) is 0 Å². The summed E-state index contributed by atoms with van der Waals surface area (Å²) in [4.78, 5) is -0.170. The number of benzene rings is 2. The fourth-order valence-corrected chi connectivity index (χ4v) is 1.90. The van der Waals surface area contributed by atoms with Crippen molar-refractivity contribution in [2.75, 3.05) is 27.1 Å². The minimum atomic E-state index is -3.22. The van der Waals surface area contributed by atoms with Gasteiger partial charge < -0.3 is 9.64 Å². The summed E-state index contributed by atoms with van der Waals surface area (Å²) in [6.45, 7) is -8.51. The second-order valence-corrected chi connectivity index (χ2v) is 4.29. The van der Waals surface area contributed by atoms with Gasteiger partial charge in [-0.3, -0.25) is 0 Å². The van der Waals surface area contributed by atoms with Gasteiger partial charge >= 0.3 is 0 Å². The van der Waals surface area contributed by atoms with Gasteiger partial charge in [-0.1, -0.05) is 54.6 Å². The Morgan fingerprint density at radius 3 is 2.55 bits per heavy atom. The Kier molecular flexibility index (Phi) is 2.49. The average Bonchev–Trinajstić information content (AvgIpc) is 2.58. The molecule has 0 aromatic heterocycles. The highest BCUT2D eigenvalue weighted by molar-refractivity contribution is 5.35. The van der Waals surface area contributed by atoms with Crippen molar-refractivity contribution in [1.82, 2.24) is 4.90 Å². The summed E-state index contributed by atoms with van der Waals surface area (Å²) < 4.78 is 75.6. The third-order valence-corrected chi connectivity index (χ3v) is 2.86. The highest BCUT2D eigenvalue weighted by Crippen LogP contribution is 2.28. The van der Waals surface area contributed by atoms with E-state index in [1.165, 1.54) is 0 Å². The molecule has 2 rings (SSSR count). The van der Waals surface area contributed by atoms with Gasteiger partial charge in [-0.2, -0.15) is 0 Å². The average molecular weight is 278 g/mol. The van der Waals surface area contributed by atoms with E-state index in [-0.39, 0.29) is 4.90 Å². The maximum absolute atomic E-state index is 8.99. The lowest BCUT2D eigenvalue weighted by Crippen LogP contribution is -2.20. The molecule has 2 aromatic carbocycles. The lowest BCUT2D eigenvalue weighted by atomic mass is 9.97. The predicted octanol–water partition coefficient (Wildman–Crippen LogP) is 3.66. The third kappa shape index (κ3) is 3.92. The van der Waals surface area contributed by atoms with Crippen LogP contribution in [-0.2, 0) is 4.74 Å². The summed E-state index contributed by atoms with van der Waals surface area (Å²) in [5.41, 5.74) is 1.56. The number of ether oxygens (including phenoxy) is 1. The van der Waals surface area contributed by atoms with Crippen molar-refractivity contribution in [3.8, 4) is 0 Å². The summed E-state index contributed by atoms with van der Waals surface area (Å²) in [6.07, 6.45) is -1.87. The molecule has 0 saturated carbocycles. The maximum atomic E-state index is 8.99. The van der Waals surface area contributed by atoms with E-state index < -0.39 is 33.1 Å². The second kappa shape index (κ2) is 7.22. The summed E-state index contributed by atoms with van der Waals surface area (Å²) in [5, 5.41) is 0.